The van der Waals surface area contributed by atoms with Gasteiger partial charge in [-0.2, -0.15) is 0 Å². The van der Waals surface area contributed by atoms with Crippen LogP contribution in [0.25, 0.3) is 0 Å². The summed E-state index contributed by atoms with van der Waals surface area (Å²) in [4.78, 5) is 12.3. The van der Waals surface area contributed by atoms with Gasteiger partial charge in [0, 0.05) is 37.2 Å². The van der Waals surface area contributed by atoms with E-state index in [-0.39, 0.29) is 30.5 Å². The van der Waals surface area contributed by atoms with Gasteiger partial charge in [0.25, 0.3) is 0 Å². The van der Waals surface area contributed by atoms with E-state index in [4.69, 9.17) is 4.74 Å². The lowest BCUT2D eigenvalue weighted by molar-refractivity contribution is -0.123. The number of rotatable bonds is 4. The summed E-state index contributed by atoms with van der Waals surface area (Å²) in [5.74, 6) is -2.29. The van der Waals surface area contributed by atoms with Crippen molar-refractivity contribution < 1.29 is 18.3 Å². The highest BCUT2D eigenvalue weighted by molar-refractivity contribution is 5.81. The lowest BCUT2D eigenvalue weighted by Gasteiger charge is -2.25. The van der Waals surface area contributed by atoms with Crippen LogP contribution in [-0.4, -0.2) is 26.1 Å². The normalized spacial score (nSPS) is 25.9. The Morgan fingerprint density at radius 2 is 2.21 bits per heavy atom. The van der Waals surface area contributed by atoms with E-state index in [0.717, 1.165) is 23.9 Å². The third-order valence-corrected chi connectivity index (χ3v) is 4.41. The van der Waals surface area contributed by atoms with Crippen molar-refractivity contribution in [2.75, 3.05) is 20.2 Å². The highest BCUT2D eigenvalue weighted by Gasteiger charge is 2.28. The van der Waals surface area contributed by atoms with Crippen molar-refractivity contribution in [2.24, 2.45) is 11.8 Å². The maximum atomic E-state index is 14.2. The maximum Gasteiger partial charge on any atom is 0.227 e. The number of nitrogens with one attached hydrogen (secondary N) is 2. The Kier molecular flexibility index (Phi) is 4.83. The number of halogens is 2. The SMILES string of the molecule is COC1=C(F)C(CNC(=O)C2C=CC3=C(C=CCN3)C2)CC(F)=C1. The van der Waals surface area contributed by atoms with E-state index in [2.05, 4.69) is 10.6 Å². The maximum absolute atomic E-state index is 14.2. The molecule has 0 aromatic rings. The van der Waals surface area contributed by atoms with Crippen molar-refractivity contribution in [3.8, 4) is 0 Å². The molecule has 24 heavy (non-hydrogen) atoms. The number of allylic oxidation sites excluding steroid dienone is 5. The van der Waals surface area contributed by atoms with Crippen LogP contribution in [0.4, 0.5) is 8.78 Å². The number of amides is 1. The van der Waals surface area contributed by atoms with Gasteiger partial charge in [-0.1, -0.05) is 18.2 Å². The first-order valence-corrected chi connectivity index (χ1v) is 7.97. The van der Waals surface area contributed by atoms with Gasteiger partial charge < -0.3 is 15.4 Å². The smallest absolute Gasteiger partial charge is 0.227 e. The topological polar surface area (TPSA) is 50.4 Å². The molecule has 1 amide bonds. The van der Waals surface area contributed by atoms with Crippen LogP contribution in [0, 0.1) is 11.8 Å². The van der Waals surface area contributed by atoms with Crippen molar-refractivity contribution in [1.82, 2.24) is 10.6 Å². The molecule has 0 saturated heterocycles. The van der Waals surface area contributed by atoms with Crippen molar-refractivity contribution in [3.05, 3.63) is 59.1 Å². The average molecular weight is 334 g/mol. The van der Waals surface area contributed by atoms with Gasteiger partial charge in [-0.25, -0.2) is 8.78 Å². The first kappa shape index (κ1) is 16.5. The van der Waals surface area contributed by atoms with E-state index in [0.29, 0.717) is 6.42 Å². The summed E-state index contributed by atoms with van der Waals surface area (Å²) in [6, 6.07) is 0. The molecule has 0 aromatic heterocycles. The number of dihydropyridines is 1. The lowest BCUT2D eigenvalue weighted by Crippen LogP contribution is -2.36. The lowest BCUT2D eigenvalue weighted by atomic mass is 9.90. The zero-order valence-corrected chi connectivity index (χ0v) is 13.4. The zero-order chi connectivity index (χ0) is 17.1. The van der Waals surface area contributed by atoms with E-state index in [1.54, 1.807) is 0 Å². The molecule has 0 bridgehead atoms. The Morgan fingerprint density at radius 1 is 1.38 bits per heavy atom. The second kappa shape index (κ2) is 7.03. The number of hydrogen-bond acceptors (Lipinski definition) is 3. The van der Waals surface area contributed by atoms with Crippen molar-refractivity contribution in [3.63, 3.8) is 0 Å². The molecule has 2 aliphatic carbocycles. The van der Waals surface area contributed by atoms with Gasteiger partial charge in [0.15, 0.2) is 5.76 Å². The highest BCUT2D eigenvalue weighted by Crippen LogP contribution is 2.31. The molecule has 0 aromatic carbocycles. The Hall–Kier alpha value is -2.37. The molecule has 2 atom stereocenters. The first-order valence-electron chi connectivity index (χ1n) is 7.97. The highest BCUT2D eigenvalue weighted by atomic mass is 19.1. The second-order valence-corrected chi connectivity index (χ2v) is 6.05. The molecule has 4 nitrogen and oxygen atoms in total. The molecule has 6 heteroatoms. The summed E-state index contributed by atoms with van der Waals surface area (Å²) in [6.07, 6.45) is 9.35. The summed E-state index contributed by atoms with van der Waals surface area (Å²) in [5, 5.41) is 5.98. The molecule has 0 saturated carbocycles. The monoisotopic (exact) mass is 334 g/mol. The minimum absolute atomic E-state index is 0.0448. The van der Waals surface area contributed by atoms with Crippen LogP contribution < -0.4 is 10.6 Å². The molecular formula is C18H20F2N2O2. The van der Waals surface area contributed by atoms with Crippen LogP contribution in [-0.2, 0) is 9.53 Å². The largest absolute Gasteiger partial charge is 0.494 e. The first-order chi connectivity index (χ1) is 11.6. The summed E-state index contributed by atoms with van der Waals surface area (Å²) in [5.41, 5.74) is 2.13. The van der Waals surface area contributed by atoms with Crippen LogP contribution in [0.15, 0.2) is 59.1 Å². The number of ether oxygens (including phenoxy) is 1. The van der Waals surface area contributed by atoms with Crippen LogP contribution in [0.1, 0.15) is 12.8 Å². The second-order valence-electron chi connectivity index (χ2n) is 6.05. The molecule has 2 N–H and O–H groups in total. The van der Waals surface area contributed by atoms with Crippen molar-refractivity contribution in [2.45, 2.75) is 12.8 Å². The number of hydrogen-bond donors (Lipinski definition) is 2. The van der Waals surface area contributed by atoms with Crippen molar-refractivity contribution >= 4 is 5.91 Å². The standard InChI is InChI=1S/C18H20F2N2O2/c1-24-16-9-14(19)8-13(17(16)20)10-22-18(23)12-4-5-15-11(7-12)3-2-6-21-15/h2-5,9,12-13,21H,6-8,10H2,1H3,(H,22,23). The molecule has 0 spiro atoms. The molecular weight excluding hydrogens is 314 g/mol. The molecule has 1 aliphatic heterocycles. The fourth-order valence-electron chi connectivity index (χ4n) is 3.08. The molecule has 1 heterocycles. The Labute approximate surface area is 139 Å². The fourth-order valence-corrected chi connectivity index (χ4v) is 3.08. The number of carbonyl (C=O) groups is 1. The van der Waals surface area contributed by atoms with Gasteiger partial charge >= 0.3 is 0 Å². The van der Waals surface area contributed by atoms with Crippen LogP contribution in [0.5, 0.6) is 0 Å². The number of methoxy groups -OCH3 is 1. The quantitative estimate of drug-likeness (QED) is 0.831. The Morgan fingerprint density at radius 3 is 3.00 bits per heavy atom. The summed E-state index contributed by atoms with van der Waals surface area (Å²) in [6.45, 7) is 0.831. The summed E-state index contributed by atoms with van der Waals surface area (Å²) in [7, 11) is 1.30. The minimum Gasteiger partial charge on any atom is -0.494 e. The van der Waals surface area contributed by atoms with Gasteiger partial charge in [-0.15, -0.1) is 0 Å². The summed E-state index contributed by atoms with van der Waals surface area (Å²) < 4.78 is 32.5. The predicted molar refractivity (Wildman–Crippen MR) is 86.9 cm³/mol. The molecule has 3 rings (SSSR count). The van der Waals surface area contributed by atoms with Gasteiger partial charge in [0.05, 0.1) is 13.0 Å². The molecule has 128 valence electrons. The van der Waals surface area contributed by atoms with Crippen LogP contribution >= 0.6 is 0 Å². The van der Waals surface area contributed by atoms with Crippen molar-refractivity contribution in [1.29, 1.82) is 0 Å². The third-order valence-electron chi connectivity index (χ3n) is 4.41. The fraction of sp³-hybridized carbons (Fsp3) is 0.389. The van der Waals surface area contributed by atoms with Gasteiger partial charge in [-0.05, 0) is 18.1 Å². The molecule has 0 fully saturated rings. The van der Waals surface area contributed by atoms with E-state index in [9.17, 15) is 13.6 Å². The van der Waals surface area contributed by atoms with E-state index >= 15 is 0 Å². The van der Waals surface area contributed by atoms with Crippen LogP contribution in [0.2, 0.25) is 0 Å². The minimum atomic E-state index is -0.729. The number of carbonyl (C=O) groups excluding carboxylic acids is 1. The van der Waals surface area contributed by atoms with Gasteiger partial charge in [-0.3, -0.25) is 4.79 Å². The third kappa shape index (κ3) is 3.42. The summed E-state index contributed by atoms with van der Waals surface area (Å²) >= 11 is 0. The molecule has 2 unspecified atom stereocenters. The average Bonchev–Trinajstić information content (AvgIpc) is 2.61. The van der Waals surface area contributed by atoms with Crippen LogP contribution in [0.3, 0.4) is 0 Å². The van der Waals surface area contributed by atoms with Gasteiger partial charge in [0.1, 0.15) is 11.7 Å². The van der Waals surface area contributed by atoms with E-state index < -0.39 is 17.6 Å². The van der Waals surface area contributed by atoms with E-state index in [1.807, 2.05) is 24.3 Å². The predicted octanol–water partition coefficient (Wildman–Crippen LogP) is 2.79. The zero-order valence-electron chi connectivity index (χ0n) is 13.4. The van der Waals surface area contributed by atoms with E-state index in [1.165, 1.54) is 7.11 Å². The Bertz CT molecular complexity index is 689. The van der Waals surface area contributed by atoms with Gasteiger partial charge in [0.2, 0.25) is 5.91 Å². The molecule has 0 radical (unpaired) electrons. The molecule has 3 aliphatic rings. The Balaban J connectivity index is 1.58.